The molecule has 5 heteroatoms. The summed E-state index contributed by atoms with van der Waals surface area (Å²) in [5.74, 6) is 3.14. The summed E-state index contributed by atoms with van der Waals surface area (Å²) in [6.45, 7) is 3.36. The van der Waals surface area contributed by atoms with Gasteiger partial charge < -0.3 is 13.7 Å². The van der Waals surface area contributed by atoms with E-state index in [-0.39, 0.29) is 5.92 Å². The van der Waals surface area contributed by atoms with E-state index in [2.05, 4.69) is 10.1 Å². The highest BCUT2D eigenvalue weighted by Crippen LogP contribution is 2.22. The molecule has 0 spiro atoms. The summed E-state index contributed by atoms with van der Waals surface area (Å²) in [6.07, 6.45) is 4.53. The van der Waals surface area contributed by atoms with E-state index in [0.29, 0.717) is 12.5 Å². The Labute approximate surface area is 104 Å². The van der Waals surface area contributed by atoms with E-state index in [0.717, 1.165) is 30.4 Å². The first kappa shape index (κ1) is 11.2. The lowest BCUT2D eigenvalue weighted by molar-refractivity contribution is 0.192. The fourth-order valence-electron chi connectivity index (χ4n) is 1.92. The maximum atomic E-state index is 5.42. The lowest BCUT2D eigenvalue weighted by Gasteiger charge is -1.97. The van der Waals surface area contributed by atoms with E-state index < -0.39 is 0 Å². The van der Waals surface area contributed by atoms with Gasteiger partial charge in [0.15, 0.2) is 5.82 Å². The van der Waals surface area contributed by atoms with E-state index in [4.69, 9.17) is 13.7 Å². The lowest BCUT2D eigenvalue weighted by Crippen LogP contribution is -1.99. The van der Waals surface area contributed by atoms with Gasteiger partial charge >= 0.3 is 0 Å². The van der Waals surface area contributed by atoms with Gasteiger partial charge in [0, 0.05) is 18.6 Å². The summed E-state index contributed by atoms with van der Waals surface area (Å²) in [4.78, 5) is 4.33. The maximum absolute atomic E-state index is 5.42. The molecule has 94 valence electrons. The van der Waals surface area contributed by atoms with Crippen LogP contribution >= 0.6 is 0 Å². The average molecular weight is 246 g/mol. The number of rotatable bonds is 3. The molecule has 0 bridgehead atoms. The molecular weight excluding hydrogens is 232 g/mol. The van der Waals surface area contributed by atoms with Crippen molar-refractivity contribution in [1.82, 2.24) is 10.1 Å². The molecule has 3 rings (SSSR count). The fraction of sp³-hybridized carbons (Fsp3) is 0.385. The second kappa shape index (κ2) is 4.78. The second-order valence-corrected chi connectivity index (χ2v) is 4.33. The number of nitrogens with zero attached hydrogens (tertiary/aromatic N) is 2. The fourth-order valence-corrected chi connectivity index (χ4v) is 1.92. The molecule has 2 aromatic heterocycles. The van der Waals surface area contributed by atoms with Crippen LogP contribution in [0.5, 0.6) is 0 Å². The van der Waals surface area contributed by atoms with Crippen LogP contribution in [0.4, 0.5) is 0 Å². The molecule has 0 aliphatic carbocycles. The third-order valence-corrected chi connectivity index (χ3v) is 2.90. The van der Waals surface area contributed by atoms with Gasteiger partial charge in [-0.15, -0.1) is 0 Å². The van der Waals surface area contributed by atoms with Crippen molar-refractivity contribution in [3.8, 4) is 0 Å². The van der Waals surface area contributed by atoms with Crippen LogP contribution in [-0.2, 0) is 4.74 Å². The Morgan fingerprint density at radius 3 is 3.00 bits per heavy atom. The topological polar surface area (TPSA) is 61.3 Å². The third kappa shape index (κ3) is 2.36. The number of furan rings is 1. The van der Waals surface area contributed by atoms with Crippen molar-refractivity contribution in [2.45, 2.75) is 19.3 Å². The number of hydrogen-bond acceptors (Lipinski definition) is 5. The Morgan fingerprint density at radius 1 is 1.33 bits per heavy atom. The molecule has 1 fully saturated rings. The summed E-state index contributed by atoms with van der Waals surface area (Å²) < 4.78 is 15.9. The molecule has 0 radical (unpaired) electrons. The normalized spacial score (nSPS) is 19.9. The zero-order valence-corrected chi connectivity index (χ0v) is 10.1. The van der Waals surface area contributed by atoms with Crippen LogP contribution < -0.4 is 0 Å². The second-order valence-electron chi connectivity index (χ2n) is 4.33. The van der Waals surface area contributed by atoms with Crippen LogP contribution in [0, 0.1) is 6.92 Å². The molecule has 3 heterocycles. The van der Waals surface area contributed by atoms with Gasteiger partial charge in [0.1, 0.15) is 11.5 Å². The van der Waals surface area contributed by atoms with Gasteiger partial charge in [-0.1, -0.05) is 5.16 Å². The summed E-state index contributed by atoms with van der Waals surface area (Å²) in [7, 11) is 0. The van der Waals surface area contributed by atoms with E-state index in [1.54, 1.807) is 6.08 Å². The van der Waals surface area contributed by atoms with E-state index in [1.165, 1.54) is 0 Å². The molecule has 1 unspecified atom stereocenters. The van der Waals surface area contributed by atoms with Gasteiger partial charge in [-0.25, -0.2) is 0 Å². The Kier molecular flexibility index (Phi) is 2.98. The van der Waals surface area contributed by atoms with E-state index in [9.17, 15) is 0 Å². The Bertz CT molecular complexity index is 550. The van der Waals surface area contributed by atoms with Crippen LogP contribution in [0.1, 0.15) is 35.6 Å². The minimum Gasteiger partial charge on any atom is -0.462 e. The minimum atomic E-state index is 0.266. The first-order chi connectivity index (χ1) is 8.81. The molecule has 1 atom stereocenters. The monoisotopic (exact) mass is 246 g/mol. The van der Waals surface area contributed by atoms with Crippen molar-refractivity contribution in [2.75, 3.05) is 13.2 Å². The third-order valence-electron chi connectivity index (χ3n) is 2.90. The molecular formula is C13H14N2O3. The number of ether oxygens (including phenoxy) is 1. The van der Waals surface area contributed by atoms with Gasteiger partial charge in [0.25, 0.3) is 5.89 Å². The van der Waals surface area contributed by atoms with Gasteiger partial charge in [-0.2, -0.15) is 4.98 Å². The van der Waals surface area contributed by atoms with Crippen LogP contribution in [0.15, 0.2) is 21.1 Å². The summed E-state index contributed by atoms with van der Waals surface area (Å²) in [5, 5.41) is 3.97. The molecule has 2 aromatic rings. The van der Waals surface area contributed by atoms with Gasteiger partial charge in [0.05, 0.1) is 6.61 Å². The largest absolute Gasteiger partial charge is 0.462 e. The zero-order chi connectivity index (χ0) is 12.4. The predicted octanol–water partition coefficient (Wildman–Crippen LogP) is 2.65. The zero-order valence-electron chi connectivity index (χ0n) is 10.1. The standard InChI is InChI=1S/C13H14N2O3/c1-9-2-3-11(17-9)4-5-12-14-13(15-18-12)10-6-7-16-8-10/h2-5,10H,6-8H2,1H3. The molecule has 18 heavy (non-hydrogen) atoms. The molecule has 1 aliphatic rings. The Hall–Kier alpha value is -1.88. The summed E-state index contributed by atoms with van der Waals surface area (Å²) in [5.41, 5.74) is 0. The first-order valence-corrected chi connectivity index (χ1v) is 5.97. The van der Waals surface area contributed by atoms with Crippen molar-refractivity contribution in [3.63, 3.8) is 0 Å². The van der Waals surface area contributed by atoms with Gasteiger partial charge in [0.2, 0.25) is 0 Å². The van der Waals surface area contributed by atoms with Crippen LogP contribution in [0.2, 0.25) is 0 Å². The van der Waals surface area contributed by atoms with Crippen LogP contribution in [0.3, 0.4) is 0 Å². The highest BCUT2D eigenvalue weighted by Gasteiger charge is 2.22. The van der Waals surface area contributed by atoms with E-state index >= 15 is 0 Å². The average Bonchev–Trinajstić information content (AvgIpc) is 3.07. The molecule has 0 amide bonds. The maximum Gasteiger partial charge on any atom is 0.250 e. The Balaban J connectivity index is 1.71. The molecule has 1 aliphatic heterocycles. The molecule has 0 saturated carbocycles. The minimum absolute atomic E-state index is 0.266. The number of aryl methyl sites for hydroxylation is 1. The lowest BCUT2D eigenvalue weighted by atomic mass is 10.1. The smallest absolute Gasteiger partial charge is 0.250 e. The van der Waals surface area contributed by atoms with Crippen molar-refractivity contribution in [3.05, 3.63) is 35.4 Å². The summed E-state index contributed by atoms with van der Waals surface area (Å²) >= 11 is 0. The molecule has 5 nitrogen and oxygen atoms in total. The number of hydrogen-bond donors (Lipinski definition) is 0. The highest BCUT2D eigenvalue weighted by atomic mass is 16.5. The Morgan fingerprint density at radius 2 is 2.28 bits per heavy atom. The quantitative estimate of drug-likeness (QED) is 0.833. The molecule has 1 saturated heterocycles. The van der Waals surface area contributed by atoms with Crippen LogP contribution in [-0.4, -0.2) is 23.4 Å². The van der Waals surface area contributed by atoms with Crippen molar-refractivity contribution in [2.24, 2.45) is 0 Å². The van der Waals surface area contributed by atoms with E-state index in [1.807, 2.05) is 25.1 Å². The predicted molar refractivity (Wildman–Crippen MR) is 64.8 cm³/mol. The molecule has 0 N–H and O–H groups in total. The first-order valence-electron chi connectivity index (χ1n) is 5.97. The van der Waals surface area contributed by atoms with Crippen LogP contribution in [0.25, 0.3) is 12.2 Å². The summed E-state index contributed by atoms with van der Waals surface area (Å²) in [6, 6.07) is 3.81. The molecule has 0 aromatic carbocycles. The van der Waals surface area contributed by atoms with Gasteiger partial charge in [-0.3, -0.25) is 0 Å². The highest BCUT2D eigenvalue weighted by molar-refractivity contribution is 5.62. The SMILES string of the molecule is Cc1ccc(C=Cc2nc(C3CCOC3)no2)o1. The van der Waals surface area contributed by atoms with Crippen molar-refractivity contribution in [1.29, 1.82) is 0 Å². The number of aromatic nitrogens is 2. The van der Waals surface area contributed by atoms with Crippen molar-refractivity contribution < 1.29 is 13.7 Å². The van der Waals surface area contributed by atoms with Crippen molar-refractivity contribution >= 4 is 12.2 Å². The van der Waals surface area contributed by atoms with Gasteiger partial charge in [-0.05, 0) is 31.6 Å².